The number of hydrogen-bond acceptors (Lipinski definition) is 10. The van der Waals surface area contributed by atoms with Gasteiger partial charge in [0.15, 0.2) is 11.3 Å². The Morgan fingerprint density at radius 1 is 1.18 bits per heavy atom. The first-order valence-corrected chi connectivity index (χ1v) is 14.7. The largest absolute Gasteiger partial charge is 0.490 e. The van der Waals surface area contributed by atoms with E-state index >= 15 is 0 Å². The lowest BCUT2D eigenvalue weighted by Gasteiger charge is -2.30. The third-order valence-corrected chi connectivity index (χ3v) is 8.68. The summed E-state index contributed by atoms with van der Waals surface area (Å²) in [4.78, 5) is 16.8. The van der Waals surface area contributed by atoms with Gasteiger partial charge in [-0.3, -0.25) is 0 Å². The number of ether oxygens (including phenoxy) is 3. The van der Waals surface area contributed by atoms with Crippen molar-refractivity contribution >= 4 is 28.7 Å². The average Bonchev–Trinajstić information content (AvgIpc) is 3.53. The predicted octanol–water partition coefficient (Wildman–Crippen LogP) is -0.132. The van der Waals surface area contributed by atoms with Gasteiger partial charge in [-0.25, -0.2) is 18.2 Å². The van der Waals surface area contributed by atoms with Gasteiger partial charge in [-0.15, -0.1) is 0 Å². The van der Waals surface area contributed by atoms with Gasteiger partial charge >= 0.3 is 13.2 Å². The van der Waals surface area contributed by atoms with Crippen LogP contribution in [0, 0.1) is 11.8 Å². The van der Waals surface area contributed by atoms with Crippen molar-refractivity contribution in [2.75, 3.05) is 26.3 Å². The Balaban J connectivity index is 1.51. The molecule has 3 heterocycles. The molecule has 0 radical (unpaired) electrons. The highest BCUT2D eigenvalue weighted by atomic mass is 32.2. The lowest BCUT2D eigenvalue weighted by molar-refractivity contribution is -0.0907. The van der Waals surface area contributed by atoms with Gasteiger partial charge in [-0.1, -0.05) is 50.2 Å². The number of fused-ring (bicyclic) bond motifs is 1. The van der Waals surface area contributed by atoms with Crippen LogP contribution in [0.1, 0.15) is 25.8 Å². The van der Waals surface area contributed by atoms with E-state index in [1.807, 2.05) is 44.2 Å². The second-order valence-corrected chi connectivity index (χ2v) is 12.4. The van der Waals surface area contributed by atoms with Gasteiger partial charge in [-0.05, 0) is 30.4 Å². The average molecular weight is 577 g/mol. The first kappa shape index (κ1) is 30.4. The number of rotatable bonds is 12. The van der Waals surface area contributed by atoms with Crippen molar-refractivity contribution in [3.8, 4) is 0 Å². The first-order chi connectivity index (χ1) is 19.0. The fourth-order valence-corrected chi connectivity index (χ4v) is 6.40. The molecule has 4 N–H and O–H groups in total. The molecule has 40 heavy (non-hydrogen) atoms. The monoisotopic (exact) mass is 577 g/mol. The maximum atomic E-state index is 13.5. The van der Waals surface area contributed by atoms with Crippen LogP contribution in [0.5, 0.6) is 0 Å². The molecule has 12 nitrogen and oxygen atoms in total. The molecule has 2 aliphatic rings. The number of benzene rings is 1. The minimum atomic E-state index is -4.17. The molecule has 2 aromatic rings. The zero-order chi connectivity index (χ0) is 28.9. The number of nitrogens with zero attached hydrogens (tertiary/aromatic N) is 2. The van der Waals surface area contributed by atoms with E-state index < -0.39 is 41.5 Å². The van der Waals surface area contributed by atoms with E-state index in [1.165, 1.54) is 12.1 Å². The number of pyridine rings is 1. The van der Waals surface area contributed by atoms with Crippen LogP contribution in [0.4, 0.5) is 4.79 Å². The molecule has 0 unspecified atom stereocenters. The van der Waals surface area contributed by atoms with Crippen molar-refractivity contribution in [3.05, 3.63) is 54.2 Å². The molecule has 1 aromatic heterocycles. The number of amides is 1. The summed E-state index contributed by atoms with van der Waals surface area (Å²) < 4.78 is 44.8. The number of aliphatic hydroxyl groups is 1. The topological polar surface area (TPSA) is 168 Å². The molecular weight excluding hydrogens is 541 g/mol. The zero-order valence-corrected chi connectivity index (χ0v) is 23.3. The molecule has 0 aliphatic carbocycles. The van der Waals surface area contributed by atoms with Crippen LogP contribution >= 0.6 is 0 Å². The lowest BCUT2D eigenvalue weighted by atomic mass is 9.82. The van der Waals surface area contributed by atoms with Crippen LogP contribution in [0.15, 0.2) is 53.7 Å². The van der Waals surface area contributed by atoms with Crippen LogP contribution in [0.3, 0.4) is 0 Å². The molecule has 0 spiro atoms. The van der Waals surface area contributed by atoms with Gasteiger partial charge in [-0.2, -0.15) is 4.31 Å². The first-order valence-electron chi connectivity index (χ1n) is 13.3. The third kappa shape index (κ3) is 7.57. The maximum Gasteiger partial charge on any atom is 0.490 e. The maximum absolute atomic E-state index is 13.5. The van der Waals surface area contributed by atoms with E-state index in [4.69, 9.17) is 14.2 Å². The smallest absolute Gasteiger partial charge is 0.443 e. The Bertz CT molecular complexity index is 1220. The second kappa shape index (κ2) is 13.4. The Kier molecular flexibility index (Phi) is 10.2. The molecule has 218 valence electrons. The van der Waals surface area contributed by atoms with Crippen molar-refractivity contribution in [1.82, 2.24) is 14.6 Å². The molecule has 1 aromatic carbocycles. The number of hydrogen-bond donors (Lipinski definition) is 4. The molecule has 1 amide bonds. The number of carbonyl (C=O) groups excluding carboxylic acids is 1. The van der Waals surface area contributed by atoms with Gasteiger partial charge in [0, 0.05) is 24.7 Å². The highest BCUT2D eigenvalue weighted by Crippen LogP contribution is 2.33. The van der Waals surface area contributed by atoms with Crippen molar-refractivity contribution in [1.29, 1.82) is 0 Å². The minimum absolute atomic E-state index is 0.0446. The van der Waals surface area contributed by atoms with Gasteiger partial charge in [0.05, 0.1) is 31.3 Å². The standard InChI is InChI=1S/C26H36BN3O9S/c1-17(2)14-30(40(35,36)24-9-8-19(13-28-24)27(33)34)15-22(31)21(12-18-6-4-3-5-7-18)29-26(32)39-23-16-38-25-20(23)10-11-37-25/h3-9,13,17,20-23,25,31,33-34H,10-12,14-16H2,1-2H3,(H,29,32)/t20-,21-,22+,23-,25+/m0/s1. The summed E-state index contributed by atoms with van der Waals surface area (Å²) in [6, 6.07) is 10.8. The Labute approximate surface area is 234 Å². The normalized spacial score (nSPS) is 22.2. The van der Waals surface area contributed by atoms with Crippen molar-refractivity contribution in [3.63, 3.8) is 0 Å². The van der Waals surface area contributed by atoms with Crippen molar-refractivity contribution in [2.24, 2.45) is 11.8 Å². The van der Waals surface area contributed by atoms with Gasteiger partial charge in [0.1, 0.15) is 6.10 Å². The van der Waals surface area contributed by atoms with E-state index in [-0.39, 0.29) is 54.7 Å². The van der Waals surface area contributed by atoms with Crippen LogP contribution in [0.2, 0.25) is 0 Å². The lowest BCUT2D eigenvalue weighted by Crippen LogP contribution is -2.51. The summed E-state index contributed by atoms with van der Waals surface area (Å²) in [6.07, 6.45) is -0.893. The van der Waals surface area contributed by atoms with Crippen LogP contribution in [-0.4, -0.2) is 96.9 Å². The number of sulfonamides is 1. The van der Waals surface area contributed by atoms with Gasteiger partial charge < -0.3 is 34.7 Å². The number of nitrogens with one attached hydrogen (secondary N) is 1. The number of carbonyl (C=O) groups is 1. The quantitative estimate of drug-likeness (QED) is 0.250. The summed E-state index contributed by atoms with van der Waals surface area (Å²) >= 11 is 0. The minimum Gasteiger partial charge on any atom is -0.443 e. The molecule has 2 saturated heterocycles. The fourth-order valence-electron chi connectivity index (χ4n) is 4.86. The summed E-state index contributed by atoms with van der Waals surface area (Å²) in [5.74, 6) is -0.143. The fraction of sp³-hybridized carbons (Fsp3) is 0.538. The molecule has 5 atom stereocenters. The molecule has 0 bridgehead atoms. The molecule has 4 rings (SSSR count). The molecular formula is C26H36BN3O9S. The summed E-state index contributed by atoms with van der Waals surface area (Å²) in [7, 11) is -5.96. The zero-order valence-electron chi connectivity index (χ0n) is 22.5. The van der Waals surface area contributed by atoms with E-state index in [0.717, 1.165) is 16.1 Å². The van der Waals surface area contributed by atoms with Crippen LogP contribution in [-0.2, 0) is 30.7 Å². The van der Waals surface area contributed by atoms with E-state index in [9.17, 15) is 28.4 Å². The van der Waals surface area contributed by atoms with Gasteiger partial charge in [0.25, 0.3) is 10.0 Å². The predicted molar refractivity (Wildman–Crippen MR) is 145 cm³/mol. The molecule has 14 heteroatoms. The highest BCUT2D eigenvalue weighted by Gasteiger charge is 2.44. The number of aliphatic hydroxyl groups excluding tert-OH is 1. The Morgan fingerprint density at radius 2 is 1.93 bits per heavy atom. The summed E-state index contributed by atoms with van der Waals surface area (Å²) in [5.41, 5.74) is 0.876. The third-order valence-electron chi connectivity index (χ3n) is 6.93. The highest BCUT2D eigenvalue weighted by molar-refractivity contribution is 7.89. The Hall–Kier alpha value is -2.59. The van der Waals surface area contributed by atoms with E-state index in [2.05, 4.69) is 10.3 Å². The SMILES string of the molecule is CC(C)CN(C[C@@H](O)[C@H](Cc1ccccc1)NC(=O)O[C@H]1CO[C@H]2OCC[C@H]21)S(=O)(=O)c1ccc(B(O)O)cn1. The van der Waals surface area contributed by atoms with Crippen molar-refractivity contribution in [2.45, 2.75) is 56.3 Å². The number of alkyl carbamates (subject to hydrolysis) is 1. The number of aromatic nitrogens is 1. The van der Waals surface area contributed by atoms with E-state index in [1.54, 1.807) is 0 Å². The van der Waals surface area contributed by atoms with Gasteiger partial charge in [0.2, 0.25) is 0 Å². The van der Waals surface area contributed by atoms with Crippen LogP contribution < -0.4 is 10.8 Å². The summed E-state index contributed by atoms with van der Waals surface area (Å²) in [6.45, 7) is 4.19. The van der Waals surface area contributed by atoms with Crippen LogP contribution in [0.25, 0.3) is 0 Å². The summed E-state index contributed by atoms with van der Waals surface area (Å²) in [5, 5.41) is 32.4. The molecule has 2 aliphatic heterocycles. The van der Waals surface area contributed by atoms with Crippen molar-refractivity contribution < 1.29 is 42.6 Å². The van der Waals surface area contributed by atoms with E-state index in [0.29, 0.717) is 13.0 Å². The molecule has 2 fully saturated rings. The second-order valence-electron chi connectivity index (χ2n) is 10.5. The Morgan fingerprint density at radius 3 is 2.58 bits per heavy atom. The molecule has 0 saturated carbocycles.